The lowest BCUT2D eigenvalue weighted by atomic mass is 10.1. The molecule has 1 amide bonds. The molecule has 146 valence electrons. The number of rotatable bonds is 7. The summed E-state index contributed by atoms with van der Waals surface area (Å²) in [6.45, 7) is 4.03. The Balaban J connectivity index is 0.00000261. The van der Waals surface area contributed by atoms with Crippen LogP contribution in [-0.4, -0.2) is 20.1 Å². The minimum atomic E-state index is -3.32. The second-order valence-electron chi connectivity index (χ2n) is 6.39. The van der Waals surface area contributed by atoms with Crippen molar-refractivity contribution in [3.05, 3.63) is 64.7 Å². The van der Waals surface area contributed by atoms with Gasteiger partial charge >= 0.3 is 0 Å². The molecule has 8 heteroatoms. The molecule has 0 bridgehead atoms. The Hall–Kier alpha value is -2.09. The molecular formula is C19H24ClN3O3S. The topological polar surface area (TPSA) is 87.3 Å². The standard InChI is InChI=1S/C19H23N3O3S.ClH/c1-2-9-26(24,25)22-18-7-5-15(6-8-18)19(23)21-11-14-3-4-16-12-20-13-17(16)10-14;/h3-8,10,20,22H,2,9,11-13H2,1H3,(H,21,23);1H. The summed E-state index contributed by atoms with van der Waals surface area (Å²) in [6.07, 6.45) is 0.550. The van der Waals surface area contributed by atoms with Crippen molar-refractivity contribution in [3.8, 4) is 0 Å². The van der Waals surface area contributed by atoms with Crippen LogP contribution >= 0.6 is 12.4 Å². The maximum absolute atomic E-state index is 12.3. The molecule has 0 fully saturated rings. The molecule has 3 rings (SSSR count). The number of hydrogen-bond acceptors (Lipinski definition) is 4. The summed E-state index contributed by atoms with van der Waals surface area (Å²) in [6, 6.07) is 12.7. The van der Waals surface area contributed by atoms with Gasteiger partial charge in [0.1, 0.15) is 0 Å². The quantitative estimate of drug-likeness (QED) is 0.656. The summed E-state index contributed by atoms with van der Waals surface area (Å²) >= 11 is 0. The number of fused-ring (bicyclic) bond motifs is 1. The van der Waals surface area contributed by atoms with E-state index in [-0.39, 0.29) is 24.1 Å². The number of carbonyl (C=O) groups excluding carboxylic acids is 1. The Bertz CT molecular complexity index is 899. The van der Waals surface area contributed by atoms with Crippen LogP contribution in [0.15, 0.2) is 42.5 Å². The second kappa shape index (κ2) is 9.21. The van der Waals surface area contributed by atoms with E-state index in [0.717, 1.165) is 18.7 Å². The Kier molecular flexibility index (Phi) is 7.24. The predicted molar refractivity (Wildman–Crippen MR) is 110 cm³/mol. The monoisotopic (exact) mass is 409 g/mol. The Morgan fingerprint density at radius 2 is 1.78 bits per heavy atom. The normalized spacial score (nSPS) is 12.8. The molecule has 0 radical (unpaired) electrons. The average molecular weight is 410 g/mol. The highest BCUT2D eigenvalue weighted by Gasteiger charge is 2.12. The predicted octanol–water partition coefficient (Wildman–Crippen LogP) is 2.79. The van der Waals surface area contributed by atoms with E-state index in [4.69, 9.17) is 0 Å². The smallest absolute Gasteiger partial charge is 0.251 e. The van der Waals surface area contributed by atoms with Gasteiger partial charge in [-0.1, -0.05) is 25.1 Å². The van der Waals surface area contributed by atoms with Crippen LogP contribution in [0.4, 0.5) is 5.69 Å². The van der Waals surface area contributed by atoms with E-state index in [1.807, 2.05) is 13.0 Å². The summed E-state index contributed by atoms with van der Waals surface area (Å²) in [7, 11) is -3.32. The average Bonchev–Trinajstić information content (AvgIpc) is 3.07. The molecule has 1 aliphatic heterocycles. The number of benzene rings is 2. The van der Waals surface area contributed by atoms with E-state index in [1.165, 1.54) is 11.1 Å². The van der Waals surface area contributed by atoms with E-state index in [9.17, 15) is 13.2 Å². The number of halogens is 1. The van der Waals surface area contributed by atoms with Crippen LogP contribution in [0.3, 0.4) is 0 Å². The van der Waals surface area contributed by atoms with Crippen molar-refractivity contribution in [2.24, 2.45) is 0 Å². The third-order valence-electron chi connectivity index (χ3n) is 4.25. The van der Waals surface area contributed by atoms with Crippen molar-refractivity contribution in [2.45, 2.75) is 33.0 Å². The van der Waals surface area contributed by atoms with Gasteiger partial charge in [0.05, 0.1) is 5.75 Å². The van der Waals surface area contributed by atoms with E-state index in [1.54, 1.807) is 24.3 Å². The molecule has 2 aromatic rings. The Morgan fingerprint density at radius 1 is 1.07 bits per heavy atom. The SMILES string of the molecule is CCCS(=O)(=O)Nc1ccc(C(=O)NCc2ccc3c(c2)CNC3)cc1.Cl. The van der Waals surface area contributed by atoms with E-state index >= 15 is 0 Å². The number of hydrogen-bond donors (Lipinski definition) is 3. The third-order valence-corrected chi connectivity index (χ3v) is 5.74. The van der Waals surface area contributed by atoms with Gasteiger partial charge in [-0.3, -0.25) is 9.52 Å². The summed E-state index contributed by atoms with van der Waals surface area (Å²) in [5.74, 6) is -0.113. The van der Waals surface area contributed by atoms with Gasteiger partial charge in [-0.25, -0.2) is 8.42 Å². The number of amides is 1. The summed E-state index contributed by atoms with van der Waals surface area (Å²) < 4.78 is 26.0. The maximum atomic E-state index is 12.3. The first-order valence-corrected chi connectivity index (χ1v) is 10.3. The molecule has 0 aromatic heterocycles. The first-order valence-electron chi connectivity index (χ1n) is 8.67. The molecule has 0 atom stereocenters. The Morgan fingerprint density at radius 3 is 2.48 bits per heavy atom. The molecule has 27 heavy (non-hydrogen) atoms. The van der Waals surface area contributed by atoms with Gasteiger partial charge in [-0.15, -0.1) is 12.4 Å². The molecule has 2 aromatic carbocycles. The van der Waals surface area contributed by atoms with Gasteiger partial charge in [-0.2, -0.15) is 0 Å². The number of carbonyl (C=O) groups is 1. The summed E-state index contributed by atoms with van der Waals surface area (Å²) in [5.41, 5.74) is 4.60. The summed E-state index contributed by atoms with van der Waals surface area (Å²) in [5, 5.41) is 6.20. The summed E-state index contributed by atoms with van der Waals surface area (Å²) in [4.78, 5) is 12.3. The van der Waals surface area contributed by atoms with Crippen LogP contribution in [0.5, 0.6) is 0 Å². The van der Waals surface area contributed by atoms with E-state index < -0.39 is 10.0 Å². The zero-order valence-corrected chi connectivity index (χ0v) is 16.8. The van der Waals surface area contributed by atoms with Crippen molar-refractivity contribution in [2.75, 3.05) is 10.5 Å². The lowest BCUT2D eigenvalue weighted by Gasteiger charge is -2.09. The second-order valence-corrected chi connectivity index (χ2v) is 8.23. The molecule has 0 saturated carbocycles. The van der Waals surface area contributed by atoms with Crippen molar-refractivity contribution in [1.29, 1.82) is 0 Å². The van der Waals surface area contributed by atoms with Gasteiger partial charge in [-0.05, 0) is 47.4 Å². The van der Waals surface area contributed by atoms with Crippen LogP contribution in [0, 0.1) is 0 Å². The van der Waals surface area contributed by atoms with Crippen LogP contribution in [0.2, 0.25) is 0 Å². The molecule has 0 aliphatic carbocycles. The Labute approximate surface area is 166 Å². The van der Waals surface area contributed by atoms with Crippen molar-refractivity contribution >= 4 is 34.0 Å². The highest BCUT2D eigenvalue weighted by molar-refractivity contribution is 7.92. The third kappa shape index (κ3) is 5.69. The molecule has 0 saturated heterocycles. The lowest BCUT2D eigenvalue weighted by Crippen LogP contribution is -2.23. The molecule has 1 aliphatic rings. The van der Waals surface area contributed by atoms with Gasteiger partial charge in [0.25, 0.3) is 5.91 Å². The zero-order chi connectivity index (χ0) is 18.6. The number of sulfonamides is 1. The minimum absolute atomic E-state index is 0. The van der Waals surface area contributed by atoms with Gasteiger partial charge in [0, 0.05) is 30.9 Å². The van der Waals surface area contributed by atoms with Crippen LogP contribution in [0.25, 0.3) is 0 Å². The fraction of sp³-hybridized carbons (Fsp3) is 0.316. The van der Waals surface area contributed by atoms with Crippen LogP contribution in [-0.2, 0) is 29.7 Å². The van der Waals surface area contributed by atoms with Crippen molar-refractivity contribution in [1.82, 2.24) is 10.6 Å². The van der Waals surface area contributed by atoms with Gasteiger partial charge in [0.2, 0.25) is 10.0 Å². The van der Waals surface area contributed by atoms with Crippen LogP contribution in [0.1, 0.15) is 40.4 Å². The molecule has 3 N–H and O–H groups in total. The largest absolute Gasteiger partial charge is 0.348 e. The molecule has 6 nitrogen and oxygen atoms in total. The highest BCUT2D eigenvalue weighted by atomic mass is 35.5. The van der Waals surface area contributed by atoms with Crippen molar-refractivity contribution < 1.29 is 13.2 Å². The number of nitrogens with one attached hydrogen (secondary N) is 3. The first kappa shape index (κ1) is 21.2. The van der Waals surface area contributed by atoms with Gasteiger partial charge < -0.3 is 10.6 Å². The first-order chi connectivity index (χ1) is 12.5. The van der Waals surface area contributed by atoms with E-state index in [0.29, 0.717) is 24.2 Å². The molecule has 1 heterocycles. The minimum Gasteiger partial charge on any atom is -0.348 e. The highest BCUT2D eigenvalue weighted by Crippen LogP contribution is 2.17. The zero-order valence-electron chi connectivity index (χ0n) is 15.1. The maximum Gasteiger partial charge on any atom is 0.251 e. The van der Waals surface area contributed by atoms with Crippen LogP contribution < -0.4 is 15.4 Å². The van der Waals surface area contributed by atoms with Crippen molar-refractivity contribution in [3.63, 3.8) is 0 Å². The fourth-order valence-electron chi connectivity index (χ4n) is 2.93. The molecule has 0 spiro atoms. The van der Waals surface area contributed by atoms with Gasteiger partial charge in [0.15, 0.2) is 0 Å². The van der Waals surface area contributed by atoms with E-state index in [2.05, 4.69) is 27.5 Å². The fourth-order valence-corrected chi connectivity index (χ4v) is 4.07. The molecular weight excluding hydrogens is 386 g/mol. The molecule has 0 unspecified atom stereocenters. The lowest BCUT2D eigenvalue weighted by molar-refractivity contribution is 0.0951. The number of anilines is 1.